The average Bonchev–Trinajstić information content (AvgIpc) is 3.55. The largest absolute Gasteiger partial charge is 0.298 e. The summed E-state index contributed by atoms with van der Waals surface area (Å²) in [6.45, 7) is 4.34. The van der Waals surface area contributed by atoms with Crippen molar-refractivity contribution in [3.8, 4) is 0 Å². The molecule has 2 saturated carbocycles. The van der Waals surface area contributed by atoms with E-state index >= 15 is 22.0 Å². The third kappa shape index (κ3) is 7.60. The van der Waals surface area contributed by atoms with E-state index in [9.17, 15) is 4.39 Å². The van der Waals surface area contributed by atoms with Crippen LogP contribution in [0.15, 0.2) is 66.2 Å². The summed E-state index contributed by atoms with van der Waals surface area (Å²) in [5.41, 5.74) is 0.137. The van der Waals surface area contributed by atoms with Gasteiger partial charge in [0.25, 0.3) is 11.8 Å². The maximum Gasteiger partial charge on any atom is 0.298 e. The molecule has 4 aromatic rings. The van der Waals surface area contributed by atoms with E-state index in [1.807, 2.05) is 6.07 Å². The van der Waals surface area contributed by atoms with Crippen LogP contribution in [0.25, 0.3) is 27.6 Å². The quantitative estimate of drug-likeness (QED) is 0.103. The molecule has 53 heavy (non-hydrogen) atoms. The molecular weight excluding hydrogens is 971 g/mol. The van der Waals surface area contributed by atoms with Crippen LogP contribution in [0.2, 0.25) is 0 Å². The molecule has 0 saturated heterocycles. The van der Waals surface area contributed by atoms with Crippen LogP contribution in [-0.4, -0.2) is 14.0 Å². The molecule has 8 rings (SSSR count). The van der Waals surface area contributed by atoms with Crippen molar-refractivity contribution in [2.45, 2.75) is 113 Å². The zero-order valence-electron chi connectivity index (χ0n) is 31.6. The van der Waals surface area contributed by atoms with E-state index in [1.54, 1.807) is 60.7 Å². The Morgan fingerprint density at radius 2 is 1.21 bits per heavy atom. The molecule has 0 amide bonds. The van der Waals surface area contributed by atoms with Gasteiger partial charge in [0, 0.05) is 55.8 Å². The molecule has 4 aliphatic rings. The van der Waals surface area contributed by atoms with Gasteiger partial charge in [0.1, 0.15) is 16.0 Å². The van der Waals surface area contributed by atoms with Gasteiger partial charge in [-0.25, -0.2) is 8.78 Å². The molecule has 2 fully saturated rings. The van der Waals surface area contributed by atoms with Crippen molar-refractivity contribution in [2.24, 2.45) is 23.7 Å². The monoisotopic (exact) mass is 1020 g/mol. The maximum atomic E-state index is 15.5. The Balaban J connectivity index is 0.000000195. The minimum absolute atomic E-state index is 0. The van der Waals surface area contributed by atoms with Gasteiger partial charge in [-0.1, -0.05) is 123 Å². The van der Waals surface area contributed by atoms with Crippen LogP contribution in [0.4, 0.5) is 26.3 Å². The van der Waals surface area contributed by atoms with Crippen LogP contribution in [-0.2, 0) is 18.3 Å². The van der Waals surface area contributed by atoms with Crippen molar-refractivity contribution in [1.82, 2.24) is 0 Å². The SMILES string of the molecule is CCCC1CCC(C2(Br)Cc3cc4ccccc4c(F)c3C2(F)F)CC1.CCCC1CCC(C2=Cc3cc4ccccc4c(F)c3C2(F)F)CC1.[2H][B].[U]. The van der Waals surface area contributed by atoms with Crippen LogP contribution < -0.4 is 0 Å². The maximum absolute atomic E-state index is 15.5. The number of benzene rings is 4. The topological polar surface area (TPSA) is 0 Å². The molecule has 0 aromatic heterocycles. The van der Waals surface area contributed by atoms with Crippen molar-refractivity contribution in [3.63, 3.8) is 0 Å². The average molecular weight is 1020 g/mol. The molecular formula is C44H48BBrF6U. The first-order chi connectivity index (χ1) is 25.4. The third-order valence-corrected chi connectivity index (χ3v) is 14.0. The zero-order chi connectivity index (χ0) is 38.1. The van der Waals surface area contributed by atoms with Crippen molar-refractivity contribution >= 4 is 51.9 Å². The summed E-state index contributed by atoms with van der Waals surface area (Å²) in [7, 11) is 3.75. The number of halogens is 7. The van der Waals surface area contributed by atoms with E-state index in [1.165, 1.54) is 12.8 Å². The van der Waals surface area contributed by atoms with Gasteiger partial charge in [-0.2, -0.15) is 17.6 Å². The van der Waals surface area contributed by atoms with Crippen LogP contribution >= 0.6 is 15.9 Å². The number of hydrogen-bond donors (Lipinski definition) is 0. The second kappa shape index (κ2) is 16.8. The molecule has 0 N–H and O–H groups in total. The molecule has 9 heteroatoms. The van der Waals surface area contributed by atoms with Crippen molar-refractivity contribution < 1.29 is 57.5 Å². The predicted molar refractivity (Wildman–Crippen MR) is 207 cm³/mol. The zero-order valence-corrected chi connectivity index (χ0v) is 36.3. The first-order valence-corrected chi connectivity index (χ1v) is 19.8. The number of allylic oxidation sites excluding steroid dienone is 1. The molecule has 4 aliphatic carbocycles. The summed E-state index contributed by atoms with van der Waals surface area (Å²) in [6.07, 6.45) is 13.6. The van der Waals surface area contributed by atoms with E-state index in [4.69, 9.17) is 1.34 Å². The summed E-state index contributed by atoms with van der Waals surface area (Å²) in [5.74, 6) is -6.82. The third-order valence-electron chi connectivity index (χ3n) is 12.5. The summed E-state index contributed by atoms with van der Waals surface area (Å²) < 4.78 is 95.0. The second-order valence-corrected chi connectivity index (χ2v) is 17.0. The molecule has 0 heterocycles. The van der Waals surface area contributed by atoms with Gasteiger partial charge >= 0.3 is 0 Å². The summed E-state index contributed by atoms with van der Waals surface area (Å²) in [6, 6.07) is 17.2. The second-order valence-electron chi connectivity index (χ2n) is 15.6. The standard InChI is InChI=1S/C22H24BrF3.C22H23F3.BH.U/c1-2-5-14-8-10-17(11-9-14)21(23)13-16-12-15-6-3-4-7-18(15)20(24)19(16)22(21,25)26;1-2-5-14-8-10-15(11-9-14)19-13-17-12-16-6-3-4-7-18(16)21(23)20(17)22(19,24)25;;/h3-4,6-7,12,14,17H,2,5,8-11,13H2,1H3;3-4,6-7,12-15H,2,5,8-11H2,1H3;1H;/i;;1D;. The molecule has 1 unspecified atom stereocenters. The summed E-state index contributed by atoms with van der Waals surface area (Å²) >= 11 is 3.46. The van der Waals surface area contributed by atoms with E-state index in [2.05, 4.69) is 38.2 Å². The Hall–Kier alpha value is -1.68. The molecule has 1 atom stereocenters. The smallest absolute Gasteiger partial charge is 0.206 e. The summed E-state index contributed by atoms with van der Waals surface area (Å²) in [4.78, 5) is 0. The van der Waals surface area contributed by atoms with Crippen LogP contribution in [0.3, 0.4) is 0 Å². The van der Waals surface area contributed by atoms with Crippen LogP contribution in [0, 0.1) is 66.4 Å². The van der Waals surface area contributed by atoms with Crippen molar-refractivity contribution in [2.75, 3.05) is 0 Å². The van der Waals surface area contributed by atoms with Gasteiger partial charge in [-0.15, -0.1) is 0 Å². The number of rotatable bonds is 6. The number of alkyl halides is 5. The van der Waals surface area contributed by atoms with Crippen molar-refractivity contribution in [3.05, 3.63) is 100 Å². The molecule has 280 valence electrons. The minimum atomic E-state index is -3.20. The van der Waals surface area contributed by atoms with E-state index < -0.39 is 33.4 Å². The van der Waals surface area contributed by atoms with Gasteiger partial charge in [-0.3, -0.25) is 0 Å². The molecule has 2 radical (unpaired) electrons. The fourth-order valence-corrected chi connectivity index (χ4v) is 10.8. The fourth-order valence-electron chi connectivity index (χ4n) is 9.85. The molecule has 0 spiro atoms. The Kier molecular flexibility index (Phi) is 13.0. The van der Waals surface area contributed by atoms with Crippen LogP contribution in [0.1, 0.15) is 113 Å². The Bertz CT molecular complexity index is 1950. The van der Waals surface area contributed by atoms with Crippen LogP contribution in [0.5, 0.6) is 0 Å². The predicted octanol–water partition coefficient (Wildman–Crippen LogP) is 13.8. The van der Waals surface area contributed by atoms with Crippen molar-refractivity contribution in [1.29, 1.82) is 1.34 Å². The molecule has 0 bridgehead atoms. The first-order valence-electron chi connectivity index (χ1n) is 19.6. The summed E-state index contributed by atoms with van der Waals surface area (Å²) in [5, 5.41) is 1.94. The van der Waals surface area contributed by atoms with Gasteiger partial charge in [0.05, 0.1) is 11.1 Å². The molecule has 4 aromatic carbocycles. The normalized spacial score (nSPS) is 26.9. The molecule has 0 aliphatic heterocycles. The first kappa shape index (κ1) is 41.0. The number of fused-ring (bicyclic) bond motifs is 4. The van der Waals surface area contributed by atoms with E-state index in [-0.39, 0.29) is 71.3 Å². The fraction of sp³-hybridized carbons (Fsp3) is 0.500. The van der Waals surface area contributed by atoms with E-state index in [0.717, 1.165) is 64.2 Å². The minimum Gasteiger partial charge on any atom is -0.206 e. The Morgan fingerprint density at radius 3 is 1.75 bits per heavy atom. The van der Waals surface area contributed by atoms with Gasteiger partial charge in [0.15, 0.2) is 0 Å². The van der Waals surface area contributed by atoms with Gasteiger partial charge < -0.3 is 0 Å². The van der Waals surface area contributed by atoms with E-state index in [0.29, 0.717) is 33.7 Å². The van der Waals surface area contributed by atoms with Gasteiger partial charge in [-0.05, 0) is 104 Å². The number of hydrogen-bond acceptors (Lipinski definition) is 0. The Morgan fingerprint density at radius 1 is 0.717 bits per heavy atom. The Labute approximate surface area is 345 Å². The van der Waals surface area contributed by atoms with Gasteiger partial charge in [0.2, 0.25) is 0 Å². The molecule has 0 nitrogen and oxygen atoms in total.